The monoisotopic (exact) mass is 428 g/mol. The van der Waals surface area contributed by atoms with Crippen molar-refractivity contribution >= 4 is 27.5 Å². The average molecular weight is 429 g/mol. The summed E-state index contributed by atoms with van der Waals surface area (Å²) >= 11 is 1.44. The first-order valence-corrected chi connectivity index (χ1v) is 11.0. The van der Waals surface area contributed by atoms with Gasteiger partial charge in [0.05, 0.1) is 24.9 Å². The Hall–Kier alpha value is -2.71. The first kappa shape index (κ1) is 22.0. The first-order valence-electron chi connectivity index (χ1n) is 10.1. The molecular formula is C22H28N4O3S. The number of nitrogens with zero attached hydrogens (tertiary/aromatic N) is 3. The molecule has 0 spiro atoms. The second-order valence-corrected chi connectivity index (χ2v) is 7.84. The molecule has 0 aliphatic carbocycles. The lowest BCUT2D eigenvalue weighted by Crippen LogP contribution is -2.38. The van der Waals surface area contributed by atoms with Gasteiger partial charge in [-0.25, -0.2) is 4.98 Å². The number of hydrogen-bond donors (Lipinski definition) is 1. The Morgan fingerprint density at radius 1 is 1.30 bits per heavy atom. The number of benzene rings is 1. The summed E-state index contributed by atoms with van der Waals surface area (Å²) < 4.78 is 6.86. The Morgan fingerprint density at radius 3 is 2.83 bits per heavy atom. The highest BCUT2D eigenvalue weighted by molar-refractivity contribution is 7.16. The van der Waals surface area contributed by atoms with Gasteiger partial charge in [-0.05, 0) is 42.2 Å². The summed E-state index contributed by atoms with van der Waals surface area (Å²) in [5, 5.41) is 5.48. The highest BCUT2D eigenvalue weighted by Gasteiger charge is 2.19. The van der Waals surface area contributed by atoms with Crippen LogP contribution in [0.25, 0.3) is 10.2 Å². The van der Waals surface area contributed by atoms with Crippen molar-refractivity contribution in [2.24, 2.45) is 0 Å². The smallest absolute Gasteiger partial charge is 0.262 e. The van der Waals surface area contributed by atoms with Crippen LogP contribution in [0.15, 0.2) is 46.8 Å². The van der Waals surface area contributed by atoms with Crippen molar-refractivity contribution in [2.75, 3.05) is 26.7 Å². The van der Waals surface area contributed by atoms with E-state index in [4.69, 9.17) is 4.74 Å². The Labute approximate surface area is 180 Å². The molecule has 3 aromatic rings. The number of rotatable bonds is 10. The van der Waals surface area contributed by atoms with Gasteiger partial charge in [-0.1, -0.05) is 26.0 Å². The van der Waals surface area contributed by atoms with Crippen LogP contribution in [-0.4, -0.2) is 47.1 Å². The van der Waals surface area contributed by atoms with E-state index in [1.165, 1.54) is 22.2 Å². The van der Waals surface area contributed by atoms with Crippen LogP contribution in [0.3, 0.4) is 0 Å². The lowest BCUT2D eigenvalue weighted by Gasteiger charge is -2.30. The van der Waals surface area contributed by atoms with Gasteiger partial charge in [0.2, 0.25) is 5.91 Å². The molecule has 0 bridgehead atoms. The molecule has 0 fully saturated rings. The van der Waals surface area contributed by atoms with E-state index in [2.05, 4.69) is 35.1 Å². The molecule has 0 aliphatic rings. The summed E-state index contributed by atoms with van der Waals surface area (Å²) in [4.78, 5) is 32.3. The molecule has 8 heteroatoms. The van der Waals surface area contributed by atoms with Gasteiger partial charge in [-0.2, -0.15) is 0 Å². The van der Waals surface area contributed by atoms with Crippen LogP contribution in [0, 0.1) is 0 Å². The Bertz CT molecular complexity index is 1040. The maximum Gasteiger partial charge on any atom is 0.262 e. The van der Waals surface area contributed by atoms with Gasteiger partial charge in [0, 0.05) is 19.5 Å². The fourth-order valence-corrected chi connectivity index (χ4v) is 4.27. The third-order valence-electron chi connectivity index (χ3n) is 5.25. The molecule has 0 saturated heterocycles. The van der Waals surface area contributed by atoms with Crippen LogP contribution in [0.2, 0.25) is 0 Å². The summed E-state index contributed by atoms with van der Waals surface area (Å²) in [5.74, 6) is 0.707. The zero-order chi connectivity index (χ0) is 21.5. The van der Waals surface area contributed by atoms with Crippen molar-refractivity contribution < 1.29 is 9.53 Å². The van der Waals surface area contributed by atoms with E-state index in [-0.39, 0.29) is 23.9 Å². The zero-order valence-corrected chi connectivity index (χ0v) is 18.4. The lowest BCUT2D eigenvalue weighted by molar-refractivity contribution is -0.121. The summed E-state index contributed by atoms with van der Waals surface area (Å²) in [6.45, 7) is 6.76. The number of likely N-dealkylation sites (N-methyl/N-ethyl adjacent to an activating group) is 1. The third-order valence-corrected chi connectivity index (χ3v) is 6.08. The van der Waals surface area contributed by atoms with Crippen LogP contribution >= 0.6 is 11.3 Å². The number of aryl methyl sites for hydroxylation is 1. The standard InChI is InChI=1S/C22H28N4O3S/c1-4-25(5-2)19(16-7-6-8-17(13-16)29-3)14-23-20(27)9-11-26-15-24-21-18(22(26)28)10-12-30-21/h6-8,10,12-13,15,19H,4-5,9,11,14H2,1-3H3,(H,23,27)/t19-/m0/s1. The van der Waals surface area contributed by atoms with Crippen molar-refractivity contribution in [3.05, 3.63) is 58.0 Å². The molecule has 0 unspecified atom stereocenters. The Balaban J connectivity index is 1.64. The van der Waals surface area contributed by atoms with Crippen LogP contribution in [0.4, 0.5) is 0 Å². The predicted molar refractivity (Wildman–Crippen MR) is 120 cm³/mol. The maximum atomic E-state index is 12.5. The number of nitrogens with one attached hydrogen (secondary N) is 1. The van der Waals surface area contributed by atoms with Gasteiger partial charge in [0.1, 0.15) is 10.6 Å². The number of hydrogen-bond acceptors (Lipinski definition) is 6. The Kier molecular flexibility index (Phi) is 7.59. The Morgan fingerprint density at radius 2 is 2.10 bits per heavy atom. The first-order chi connectivity index (χ1) is 14.6. The van der Waals surface area contributed by atoms with Gasteiger partial charge in [-0.15, -0.1) is 11.3 Å². The second-order valence-electron chi connectivity index (χ2n) is 6.95. The van der Waals surface area contributed by atoms with E-state index >= 15 is 0 Å². The molecule has 1 aromatic carbocycles. The molecule has 30 heavy (non-hydrogen) atoms. The number of carbonyl (C=O) groups is 1. The van der Waals surface area contributed by atoms with Gasteiger partial charge in [-0.3, -0.25) is 19.1 Å². The largest absolute Gasteiger partial charge is 0.497 e. The number of thiophene rings is 1. The maximum absolute atomic E-state index is 12.5. The summed E-state index contributed by atoms with van der Waals surface area (Å²) in [7, 11) is 1.65. The quantitative estimate of drug-likeness (QED) is 0.537. The van der Waals surface area contributed by atoms with Crippen molar-refractivity contribution in [1.82, 2.24) is 19.8 Å². The van der Waals surface area contributed by atoms with Crippen molar-refractivity contribution in [1.29, 1.82) is 0 Å². The van der Waals surface area contributed by atoms with Gasteiger partial charge < -0.3 is 10.1 Å². The molecule has 0 radical (unpaired) electrons. The molecule has 0 saturated carbocycles. The van der Waals surface area contributed by atoms with E-state index in [0.717, 1.165) is 29.2 Å². The van der Waals surface area contributed by atoms with Crippen molar-refractivity contribution in [2.45, 2.75) is 32.9 Å². The molecule has 1 N–H and O–H groups in total. The summed E-state index contributed by atoms with van der Waals surface area (Å²) in [5.41, 5.74) is 0.994. The van der Waals surface area contributed by atoms with Crippen LogP contribution in [0.1, 0.15) is 31.9 Å². The molecule has 1 amide bonds. The molecule has 160 valence electrons. The molecule has 3 rings (SSSR count). The molecule has 2 aromatic heterocycles. The summed E-state index contributed by atoms with van der Waals surface area (Å²) in [6.07, 6.45) is 1.74. The number of carbonyl (C=O) groups excluding carboxylic acids is 1. The molecule has 1 atom stereocenters. The van der Waals surface area contributed by atoms with Gasteiger partial charge in [0.15, 0.2) is 0 Å². The highest BCUT2D eigenvalue weighted by atomic mass is 32.1. The van der Waals surface area contributed by atoms with E-state index in [1.807, 2.05) is 23.6 Å². The fraction of sp³-hybridized carbons (Fsp3) is 0.409. The zero-order valence-electron chi connectivity index (χ0n) is 17.6. The lowest BCUT2D eigenvalue weighted by atomic mass is 10.0. The van der Waals surface area contributed by atoms with Crippen LogP contribution in [0.5, 0.6) is 5.75 Å². The minimum Gasteiger partial charge on any atom is -0.497 e. The number of ether oxygens (including phenoxy) is 1. The minimum absolute atomic E-state index is 0.0468. The number of methoxy groups -OCH3 is 1. The number of amides is 1. The third kappa shape index (κ3) is 5.06. The topological polar surface area (TPSA) is 76.5 Å². The molecule has 2 heterocycles. The normalized spacial score (nSPS) is 12.3. The van der Waals surface area contributed by atoms with E-state index in [1.54, 1.807) is 13.2 Å². The minimum atomic E-state index is -0.105. The molecule has 0 aliphatic heterocycles. The summed E-state index contributed by atoms with van der Waals surface area (Å²) in [6, 6.07) is 9.76. The fourth-order valence-electron chi connectivity index (χ4n) is 3.54. The second kappa shape index (κ2) is 10.4. The number of fused-ring (bicyclic) bond motifs is 1. The van der Waals surface area contributed by atoms with Gasteiger partial charge >= 0.3 is 0 Å². The SMILES string of the molecule is CCN(CC)[C@@H](CNC(=O)CCn1cnc2sccc2c1=O)c1cccc(OC)c1. The van der Waals surface area contributed by atoms with E-state index in [9.17, 15) is 9.59 Å². The number of aromatic nitrogens is 2. The molecular weight excluding hydrogens is 400 g/mol. The van der Waals surface area contributed by atoms with Crippen molar-refractivity contribution in [3.63, 3.8) is 0 Å². The molecule has 7 nitrogen and oxygen atoms in total. The highest BCUT2D eigenvalue weighted by Crippen LogP contribution is 2.23. The van der Waals surface area contributed by atoms with E-state index < -0.39 is 0 Å². The van der Waals surface area contributed by atoms with Crippen LogP contribution < -0.4 is 15.6 Å². The van der Waals surface area contributed by atoms with Crippen LogP contribution in [-0.2, 0) is 11.3 Å². The predicted octanol–water partition coefficient (Wildman–Crippen LogP) is 3.06. The average Bonchev–Trinajstić information content (AvgIpc) is 3.26. The van der Waals surface area contributed by atoms with Crippen molar-refractivity contribution in [3.8, 4) is 5.75 Å². The van der Waals surface area contributed by atoms with E-state index in [0.29, 0.717) is 18.5 Å². The van der Waals surface area contributed by atoms with Gasteiger partial charge in [0.25, 0.3) is 5.56 Å².